The summed E-state index contributed by atoms with van der Waals surface area (Å²) in [5.41, 5.74) is -0.0511. The maximum Gasteiger partial charge on any atom is 0.294 e. The van der Waals surface area contributed by atoms with Gasteiger partial charge in [-0.1, -0.05) is 11.6 Å². The Morgan fingerprint density at radius 2 is 2.24 bits per heavy atom. The maximum absolute atomic E-state index is 12.3. The van der Waals surface area contributed by atoms with Crippen LogP contribution in [0.4, 0.5) is 11.4 Å². The van der Waals surface area contributed by atoms with Crippen molar-refractivity contribution in [1.29, 1.82) is 0 Å². The summed E-state index contributed by atoms with van der Waals surface area (Å²) in [6.45, 7) is 0.636. The van der Waals surface area contributed by atoms with Crippen LogP contribution in [-0.4, -0.2) is 48.3 Å². The van der Waals surface area contributed by atoms with Crippen molar-refractivity contribution < 1.29 is 14.5 Å². The Labute approximate surface area is 125 Å². The fourth-order valence-corrected chi connectivity index (χ4v) is 2.41. The van der Waals surface area contributed by atoms with Crippen molar-refractivity contribution in [3.8, 4) is 0 Å². The number of hydrogen-bond donors (Lipinski definition) is 2. The Bertz CT molecular complexity index is 620. The minimum atomic E-state index is -0.614. The number of carbonyl (C=O) groups excluding carboxylic acids is 2. The van der Waals surface area contributed by atoms with Crippen LogP contribution in [0.25, 0.3) is 0 Å². The third kappa shape index (κ3) is 3.05. The minimum absolute atomic E-state index is 0.0714. The second kappa shape index (κ2) is 5.96. The predicted molar refractivity (Wildman–Crippen MR) is 76.6 cm³/mol. The van der Waals surface area contributed by atoms with E-state index in [2.05, 4.69) is 10.6 Å². The van der Waals surface area contributed by atoms with Crippen LogP contribution < -0.4 is 10.6 Å². The lowest BCUT2D eigenvalue weighted by Crippen LogP contribution is -2.49. The molecule has 0 aromatic heterocycles. The number of amides is 2. The van der Waals surface area contributed by atoms with Gasteiger partial charge in [0.25, 0.3) is 11.6 Å². The van der Waals surface area contributed by atoms with Crippen molar-refractivity contribution in [2.24, 2.45) is 0 Å². The molecule has 0 radical (unpaired) electrons. The number of benzene rings is 1. The number of nitrogens with one attached hydrogen (secondary N) is 2. The normalized spacial score (nSPS) is 14.6. The summed E-state index contributed by atoms with van der Waals surface area (Å²) in [4.78, 5) is 35.4. The van der Waals surface area contributed by atoms with E-state index < -0.39 is 10.8 Å². The number of hydrogen-bond acceptors (Lipinski definition) is 5. The molecule has 2 N–H and O–H groups in total. The Morgan fingerprint density at radius 1 is 1.52 bits per heavy atom. The predicted octanol–water partition coefficient (Wildman–Crippen LogP) is 0.862. The number of rotatable bonds is 3. The van der Waals surface area contributed by atoms with Crippen LogP contribution in [0.3, 0.4) is 0 Å². The van der Waals surface area contributed by atoms with Crippen LogP contribution in [0, 0.1) is 10.1 Å². The molecule has 1 aromatic carbocycles. The number of nitro benzene ring substituents is 1. The number of carbonyl (C=O) groups is 2. The highest BCUT2D eigenvalue weighted by molar-refractivity contribution is 6.34. The van der Waals surface area contributed by atoms with Crippen LogP contribution in [0.15, 0.2) is 12.1 Å². The highest BCUT2D eigenvalue weighted by atomic mass is 35.5. The fraction of sp³-hybridized carbons (Fsp3) is 0.333. The monoisotopic (exact) mass is 312 g/mol. The van der Waals surface area contributed by atoms with Crippen LogP contribution in [0.1, 0.15) is 10.4 Å². The zero-order valence-electron chi connectivity index (χ0n) is 11.2. The first-order valence-electron chi connectivity index (χ1n) is 6.15. The number of anilines is 1. The first-order chi connectivity index (χ1) is 9.93. The van der Waals surface area contributed by atoms with Gasteiger partial charge in [0.15, 0.2) is 0 Å². The average Bonchev–Trinajstić information content (AvgIpc) is 2.45. The summed E-state index contributed by atoms with van der Waals surface area (Å²) in [7, 11) is 1.50. The van der Waals surface area contributed by atoms with Gasteiger partial charge in [-0.25, -0.2) is 0 Å². The minimum Gasteiger partial charge on any atom is -0.381 e. The van der Waals surface area contributed by atoms with Gasteiger partial charge in [-0.15, -0.1) is 0 Å². The van der Waals surface area contributed by atoms with Gasteiger partial charge in [-0.05, 0) is 6.07 Å². The van der Waals surface area contributed by atoms with Crippen molar-refractivity contribution in [2.75, 3.05) is 32.0 Å². The number of nitro groups is 1. The average molecular weight is 313 g/mol. The van der Waals surface area contributed by atoms with Crippen LogP contribution in [-0.2, 0) is 4.79 Å². The zero-order valence-corrected chi connectivity index (χ0v) is 11.9. The molecule has 0 atom stereocenters. The molecule has 112 valence electrons. The van der Waals surface area contributed by atoms with Crippen LogP contribution >= 0.6 is 11.6 Å². The van der Waals surface area contributed by atoms with E-state index in [1.807, 2.05) is 0 Å². The third-order valence-electron chi connectivity index (χ3n) is 3.09. The first kappa shape index (κ1) is 15.0. The van der Waals surface area contributed by atoms with Gasteiger partial charge >= 0.3 is 0 Å². The second-order valence-corrected chi connectivity index (χ2v) is 4.84. The number of piperazine rings is 1. The van der Waals surface area contributed by atoms with Gasteiger partial charge in [0.05, 0.1) is 16.5 Å². The topological polar surface area (TPSA) is 105 Å². The summed E-state index contributed by atoms with van der Waals surface area (Å²) in [5.74, 6) is -0.723. The molecule has 1 aliphatic rings. The molecule has 0 spiro atoms. The van der Waals surface area contributed by atoms with Crippen molar-refractivity contribution in [2.45, 2.75) is 0 Å². The third-order valence-corrected chi connectivity index (χ3v) is 3.39. The molecule has 1 saturated heterocycles. The molecular weight excluding hydrogens is 300 g/mol. The van der Waals surface area contributed by atoms with Gasteiger partial charge in [0, 0.05) is 31.8 Å². The van der Waals surface area contributed by atoms with Crippen molar-refractivity contribution in [3.05, 3.63) is 32.8 Å². The molecule has 2 rings (SSSR count). The van der Waals surface area contributed by atoms with Crippen molar-refractivity contribution in [3.63, 3.8) is 0 Å². The summed E-state index contributed by atoms with van der Waals surface area (Å²) >= 11 is 5.97. The lowest BCUT2D eigenvalue weighted by Gasteiger charge is -2.26. The Hall–Kier alpha value is -2.35. The second-order valence-electron chi connectivity index (χ2n) is 4.44. The summed E-state index contributed by atoms with van der Waals surface area (Å²) in [6.07, 6.45) is 0. The quantitative estimate of drug-likeness (QED) is 0.636. The Morgan fingerprint density at radius 3 is 2.81 bits per heavy atom. The van der Waals surface area contributed by atoms with E-state index in [0.717, 1.165) is 6.07 Å². The largest absolute Gasteiger partial charge is 0.381 e. The van der Waals surface area contributed by atoms with Crippen LogP contribution in [0.5, 0.6) is 0 Å². The zero-order chi connectivity index (χ0) is 15.6. The molecule has 1 aromatic rings. The summed E-state index contributed by atoms with van der Waals surface area (Å²) in [5, 5.41) is 16.4. The standard InChI is InChI=1S/C12H13ClN4O4/c1-14-11-8(13)4-7(5-9(11)17(20)21)12(19)16-3-2-15-10(18)6-16/h4-5,14H,2-3,6H2,1H3,(H,15,18). The molecule has 1 heterocycles. The molecule has 21 heavy (non-hydrogen) atoms. The van der Waals surface area contributed by atoms with Gasteiger partial charge < -0.3 is 15.5 Å². The molecule has 8 nitrogen and oxygen atoms in total. The summed E-state index contributed by atoms with van der Waals surface area (Å²) in [6, 6.07) is 2.52. The Balaban J connectivity index is 2.37. The highest BCUT2D eigenvalue weighted by Crippen LogP contribution is 2.33. The molecule has 1 aliphatic heterocycles. The van der Waals surface area contributed by atoms with Crippen LogP contribution in [0.2, 0.25) is 5.02 Å². The van der Waals surface area contributed by atoms with Gasteiger partial charge in [0.1, 0.15) is 5.69 Å². The molecule has 0 bridgehead atoms. The Kier molecular flexibility index (Phi) is 4.27. The van der Waals surface area contributed by atoms with E-state index in [1.54, 1.807) is 0 Å². The van der Waals surface area contributed by atoms with E-state index in [1.165, 1.54) is 18.0 Å². The lowest BCUT2D eigenvalue weighted by atomic mass is 10.1. The number of halogens is 1. The molecule has 2 amide bonds. The van der Waals surface area contributed by atoms with E-state index in [9.17, 15) is 19.7 Å². The molecular formula is C12H13ClN4O4. The van der Waals surface area contributed by atoms with E-state index in [4.69, 9.17) is 11.6 Å². The first-order valence-corrected chi connectivity index (χ1v) is 6.53. The van der Waals surface area contributed by atoms with Gasteiger partial charge in [-0.3, -0.25) is 19.7 Å². The SMILES string of the molecule is CNc1c(Cl)cc(C(=O)N2CCNC(=O)C2)cc1[N+](=O)[O-]. The van der Waals surface area contributed by atoms with Crippen molar-refractivity contribution >= 4 is 34.8 Å². The highest BCUT2D eigenvalue weighted by Gasteiger charge is 2.26. The van der Waals surface area contributed by atoms with Gasteiger partial charge in [-0.2, -0.15) is 0 Å². The van der Waals surface area contributed by atoms with E-state index in [-0.39, 0.29) is 34.4 Å². The molecule has 0 saturated carbocycles. The van der Waals surface area contributed by atoms with Gasteiger partial charge in [0.2, 0.25) is 5.91 Å². The lowest BCUT2D eigenvalue weighted by molar-refractivity contribution is -0.384. The molecule has 1 fully saturated rings. The maximum atomic E-state index is 12.3. The van der Waals surface area contributed by atoms with Crippen molar-refractivity contribution in [1.82, 2.24) is 10.2 Å². The smallest absolute Gasteiger partial charge is 0.294 e. The molecule has 0 aliphatic carbocycles. The summed E-state index contributed by atoms with van der Waals surface area (Å²) < 4.78 is 0. The fourth-order valence-electron chi connectivity index (χ4n) is 2.10. The molecule has 0 unspecified atom stereocenters. The van der Waals surface area contributed by atoms with E-state index in [0.29, 0.717) is 13.1 Å². The van der Waals surface area contributed by atoms with E-state index >= 15 is 0 Å². The number of nitrogens with zero attached hydrogens (tertiary/aromatic N) is 2. The molecule has 9 heteroatoms.